The predicted molar refractivity (Wildman–Crippen MR) is 67.3 cm³/mol. The topological polar surface area (TPSA) is 17.1 Å². The average molecular weight is 220 g/mol. The highest BCUT2D eigenvalue weighted by Gasteiger charge is 2.28. The highest BCUT2D eigenvalue weighted by Crippen LogP contribution is 2.43. The van der Waals surface area contributed by atoms with Gasteiger partial charge in [0.1, 0.15) is 0 Å². The van der Waals surface area contributed by atoms with E-state index in [1.54, 1.807) is 0 Å². The lowest BCUT2D eigenvalue weighted by Crippen LogP contribution is -1.98. The monoisotopic (exact) mass is 220 g/mol. The summed E-state index contributed by atoms with van der Waals surface area (Å²) in [6.45, 7) is 0. The van der Waals surface area contributed by atoms with Gasteiger partial charge in [-0.2, -0.15) is 0 Å². The van der Waals surface area contributed by atoms with E-state index in [-0.39, 0.29) is 5.78 Å². The minimum atomic E-state index is 0.284. The molecule has 2 aromatic rings. The molecule has 0 spiro atoms. The standard InChI is InChI=1S/C16H12O/c17-15-8-7-10-5-6-11-9-14(11)16(10)13-4-2-1-3-12(13)15/h1-6H,7-9H2. The predicted octanol–water partition coefficient (Wildman–Crippen LogP) is 3.39. The van der Waals surface area contributed by atoms with Gasteiger partial charge in [0, 0.05) is 12.0 Å². The van der Waals surface area contributed by atoms with Crippen LogP contribution >= 0.6 is 0 Å². The van der Waals surface area contributed by atoms with Crippen molar-refractivity contribution in [3.63, 3.8) is 0 Å². The number of hydrogen-bond acceptors (Lipinski definition) is 1. The summed E-state index contributed by atoms with van der Waals surface area (Å²) < 4.78 is 0. The first kappa shape index (κ1) is 9.17. The van der Waals surface area contributed by atoms with E-state index < -0.39 is 0 Å². The fraction of sp³-hybridized carbons (Fsp3) is 0.188. The Labute approximate surface area is 100 Å². The van der Waals surface area contributed by atoms with Crippen molar-refractivity contribution in [1.29, 1.82) is 0 Å². The molecule has 0 aliphatic heterocycles. The van der Waals surface area contributed by atoms with Gasteiger partial charge in [0.05, 0.1) is 0 Å². The summed E-state index contributed by atoms with van der Waals surface area (Å²) in [5.74, 6) is 0.284. The molecule has 0 amide bonds. The molecule has 0 saturated carbocycles. The lowest BCUT2D eigenvalue weighted by Gasteiger charge is -2.07. The summed E-state index contributed by atoms with van der Waals surface area (Å²) >= 11 is 0. The Kier molecular flexibility index (Phi) is 1.66. The fourth-order valence-electron chi connectivity index (χ4n) is 2.90. The van der Waals surface area contributed by atoms with E-state index in [4.69, 9.17) is 0 Å². The Balaban J connectivity index is 2.09. The third-order valence-electron chi connectivity index (χ3n) is 3.86. The number of rotatable bonds is 0. The number of fused-ring (bicyclic) bond motifs is 5. The molecule has 0 N–H and O–H groups in total. The van der Waals surface area contributed by atoms with Gasteiger partial charge >= 0.3 is 0 Å². The average Bonchev–Trinajstić information content (AvgIpc) is 3.14. The first-order valence-corrected chi connectivity index (χ1v) is 6.11. The number of aryl methyl sites for hydroxylation is 1. The van der Waals surface area contributed by atoms with Crippen LogP contribution in [0.5, 0.6) is 0 Å². The van der Waals surface area contributed by atoms with Crippen LogP contribution in [-0.4, -0.2) is 5.78 Å². The molecule has 1 heteroatoms. The van der Waals surface area contributed by atoms with Gasteiger partial charge in [-0.3, -0.25) is 4.79 Å². The van der Waals surface area contributed by atoms with Crippen molar-refractivity contribution in [2.75, 3.05) is 0 Å². The lowest BCUT2D eigenvalue weighted by molar-refractivity contribution is 0.0984. The van der Waals surface area contributed by atoms with Gasteiger partial charge in [0.25, 0.3) is 0 Å². The molecule has 0 fully saturated rings. The van der Waals surface area contributed by atoms with E-state index >= 15 is 0 Å². The Morgan fingerprint density at radius 2 is 1.59 bits per heavy atom. The molecular formula is C16H12O. The zero-order valence-electron chi connectivity index (χ0n) is 9.49. The highest BCUT2D eigenvalue weighted by molar-refractivity contribution is 6.04. The summed E-state index contributed by atoms with van der Waals surface area (Å²) in [7, 11) is 0. The van der Waals surface area contributed by atoms with Crippen LogP contribution < -0.4 is 0 Å². The molecule has 0 bridgehead atoms. The molecule has 2 aliphatic rings. The van der Waals surface area contributed by atoms with Crippen molar-refractivity contribution in [3.05, 3.63) is 58.7 Å². The zero-order chi connectivity index (χ0) is 11.4. The Hall–Kier alpha value is -1.89. The van der Waals surface area contributed by atoms with Crippen molar-refractivity contribution in [3.8, 4) is 11.1 Å². The van der Waals surface area contributed by atoms with Crippen molar-refractivity contribution in [2.24, 2.45) is 0 Å². The van der Waals surface area contributed by atoms with Crippen LogP contribution in [0.4, 0.5) is 0 Å². The Bertz CT molecular complexity index is 653. The number of ketones is 1. The van der Waals surface area contributed by atoms with Crippen molar-refractivity contribution >= 4 is 5.78 Å². The van der Waals surface area contributed by atoms with Crippen molar-refractivity contribution < 1.29 is 4.79 Å². The highest BCUT2D eigenvalue weighted by atomic mass is 16.1. The SMILES string of the molecule is O=C1CCc2ccc3c(c2-c2ccccc21)C3. The van der Waals surface area contributed by atoms with Gasteiger partial charge < -0.3 is 0 Å². The fourth-order valence-corrected chi connectivity index (χ4v) is 2.90. The molecule has 2 aliphatic carbocycles. The van der Waals surface area contributed by atoms with Crippen LogP contribution in [0, 0.1) is 0 Å². The van der Waals surface area contributed by atoms with Crippen LogP contribution in [0.2, 0.25) is 0 Å². The molecule has 0 atom stereocenters. The van der Waals surface area contributed by atoms with E-state index in [1.165, 1.54) is 22.3 Å². The molecule has 0 heterocycles. The van der Waals surface area contributed by atoms with Gasteiger partial charge in [-0.05, 0) is 40.7 Å². The summed E-state index contributed by atoms with van der Waals surface area (Å²) in [6.07, 6.45) is 2.64. The van der Waals surface area contributed by atoms with Crippen LogP contribution in [0.3, 0.4) is 0 Å². The van der Waals surface area contributed by atoms with Crippen LogP contribution in [0.15, 0.2) is 36.4 Å². The largest absolute Gasteiger partial charge is 0.294 e. The van der Waals surface area contributed by atoms with E-state index in [9.17, 15) is 4.79 Å². The van der Waals surface area contributed by atoms with Gasteiger partial charge in [-0.25, -0.2) is 0 Å². The van der Waals surface area contributed by atoms with Crippen LogP contribution in [-0.2, 0) is 12.8 Å². The Morgan fingerprint density at radius 3 is 2.47 bits per heavy atom. The second-order valence-electron chi connectivity index (χ2n) is 4.88. The Morgan fingerprint density at radius 1 is 0.824 bits per heavy atom. The van der Waals surface area contributed by atoms with Crippen molar-refractivity contribution in [2.45, 2.75) is 19.3 Å². The zero-order valence-corrected chi connectivity index (χ0v) is 9.49. The lowest BCUT2D eigenvalue weighted by atomic mass is 9.96. The smallest absolute Gasteiger partial charge is 0.163 e. The van der Waals surface area contributed by atoms with Gasteiger partial charge in [-0.15, -0.1) is 0 Å². The minimum Gasteiger partial charge on any atom is -0.294 e. The number of carbonyl (C=O) groups excluding carboxylic acids is 1. The normalized spacial score (nSPS) is 15.6. The molecule has 0 radical (unpaired) electrons. The molecule has 4 rings (SSSR count). The number of benzene rings is 2. The second kappa shape index (κ2) is 3.07. The first-order valence-electron chi connectivity index (χ1n) is 6.11. The van der Waals surface area contributed by atoms with Crippen molar-refractivity contribution in [1.82, 2.24) is 0 Å². The molecule has 0 unspecified atom stereocenters. The third-order valence-corrected chi connectivity index (χ3v) is 3.86. The molecule has 0 saturated heterocycles. The summed E-state index contributed by atoms with van der Waals surface area (Å²) in [5.41, 5.74) is 7.67. The number of Topliss-reactive ketones (excluding diaryl/α,β-unsaturated/α-hetero) is 1. The number of hydrogen-bond donors (Lipinski definition) is 0. The summed E-state index contributed by atoms with van der Waals surface area (Å²) in [5, 5.41) is 0. The minimum absolute atomic E-state index is 0.284. The third kappa shape index (κ3) is 1.22. The molecular weight excluding hydrogens is 208 g/mol. The van der Waals surface area contributed by atoms with E-state index in [2.05, 4.69) is 18.2 Å². The summed E-state index contributed by atoms with van der Waals surface area (Å²) in [4.78, 5) is 12.1. The van der Waals surface area contributed by atoms with E-state index in [0.29, 0.717) is 6.42 Å². The van der Waals surface area contributed by atoms with Crippen LogP contribution in [0.1, 0.15) is 33.5 Å². The number of carbonyl (C=O) groups is 1. The summed E-state index contributed by atoms with van der Waals surface area (Å²) in [6, 6.07) is 12.5. The molecule has 0 aromatic heterocycles. The van der Waals surface area contributed by atoms with E-state index in [1.807, 2.05) is 18.2 Å². The van der Waals surface area contributed by atoms with Gasteiger partial charge in [0.15, 0.2) is 5.78 Å². The first-order chi connectivity index (χ1) is 8.34. The quantitative estimate of drug-likeness (QED) is 0.567. The molecule has 2 aromatic carbocycles. The van der Waals surface area contributed by atoms with E-state index in [0.717, 1.165) is 24.0 Å². The maximum absolute atomic E-state index is 12.1. The molecule has 82 valence electrons. The maximum atomic E-state index is 12.1. The van der Waals surface area contributed by atoms with Gasteiger partial charge in [-0.1, -0.05) is 36.4 Å². The maximum Gasteiger partial charge on any atom is 0.163 e. The molecule has 1 nitrogen and oxygen atoms in total. The van der Waals surface area contributed by atoms with Crippen LogP contribution in [0.25, 0.3) is 11.1 Å². The van der Waals surface area contributed by atoms with Gasteiger partial charge in [0.2, 0.25) is 0 Å². The molecule has 17 heavy (non-hydrogen) atoms. The second-order valence-corrected chi connectivity index (χ2v) is 4.88.